The quantitative estimate of drug-likeness (QED) is 0.930. The van der Waals surface area contributed by atoms with Gasteiger partial charge in [0.25, 0.3) is 0 Å². The van der Waals surface area contributed by atoms with Crippen LogP contribution < -0.4 is 5.73 Å². The van der Waals surface area contributed by atoms with Crippen molar-refractivity contribution in [2.45, 2.75) is 63.4 Å². The number of benzene rings is 1. The van der Waals surface area contributed by atoms with Crippen LogP contribution in [0.4, 0.5) is 0 Å². The number of aryl methyl sites for hydroxylation is 1. The van der Waals surface area contributed by atoms with Crippen molar-refractivity contribution >= 4 is 10.0 Å². The molecule has 1 atom stereocenters. The Bertz CT molecular complexity index is 584. The molecule has 0 aliphatic carbocycles. The Morgan fingerprint density at radius 3 is 2.71 bits per heavy atom. The Labute approximate surface area is 128 Å². The van der Waals surface area contributed by atoms with Crippen molar-refractivity contribution < 1.29 is 8.42 Å². The molecular weight excluding hydrogens is 284 g/mol. The molecule has 1 aromatic carbocycles. The normalized spacial score (nSPS) is 21.2. The minimum absolute atomic E-state index is 0.125. The molecule has 0 saturated carbocycles. The third-order valence-corrected chi connectivity index (χ3v) is 6.39. The lowest BCUT2D eigenvalue weighted by atomic mass is 10.1. The van der Waals surface area contributed by atoms with Gasteiger partial charge in [-0.15, -0.1) is 0 Å². The van der Waals surface area contributed by atoms with E-state index in [1.54, 1.807) is 16.4 Å². The van der Waals surface area contributed by atoms with Crippen molar-refractivity contribution in [3.63, 3.8) is 0 Å². The maximum Gasteiger partial charge on any atom is 0.243 e. The summed E-state index contributed by atoms with van der Waals surface area (Å²) in [6.45, 7) is 5.03. The van der Waals surface area contributed by atoms with Crippen LogP contribution in [-0.4, -0.2) is 25.3 Å². The zero-order valence-electron chi connectivity index (χ0n) is 13.0. The summed E-state index contributed by atoms with van der Waals surface area (Å²) < 4.78 is 27.7. The molecule has 21 heavy (non-hydrogen) atoms. The molecule has 1 aromatic rings. The Kier molecular flexibility index (Phi) is 5.41. The zero-order chi connectivity index (χ0) is 15.5. The highest BCUT2D eigenvalue weighted by molar-refractivity contribution is 7.89. The van der Waals surface area contributed by atoms with Gasteiger partial charge >= 0.3 is 0 Å². The Hall–Kier alpha value is -0.910. The SMILES string of the molecule is CCC1CCCCCN1S(=O)(=O)c1ccc(C)c(CN)c1. The van der Waals surface area contributed by atoms with Crippen LogP contribution in [0.2, 0.25) is 0 Å². The first-order chi connectivity index (χ1) is 10.0. The van der Waals surface area contributed by atoms with E-state index >= 15 is 0 Å². The summed E-state index contributed by atoms with van der Waals surface area (Å²) in [6.07, 6.45) is 5.02. The first kappa shape index (κ1) is 16.5. The summed E-state index contributed by atoms with van der Waals surface area (Å²) in [5.41, 5.74) is 7.65. The Morgan fingerprint density at radius 1 is 1.29 bits per heavy atom. The number of sulfonamides is 1. The molecule has 1 fully saturated rings. The van der Waals surface area contributed by atoms with Gasteiger partial charge in [0.1, 0.15) is 0 Å². The van der Waals surface area contributed by atoms with Gasteiger partial charge in [-0.05, 0) is 49.4 Å². The first-order valence-electron chi connectivity index (χ1n) is 7.82. The molecule has 0 spiro atoms. The predicted molar refractivity (Wildman–Crippen MR) is 85.5 cm³/mol. The highest BCUT2D eigenvalue weighted by atomic mass is 32.2. The van der Waals surface area contributed by atoms with E-state index < -0.39 is 10.0 Å². The van der Waals surface area contributed by atoms with E-state index in [-0.39, 0.29) is 6.04 Å². The first-order valence-corrected chi connectivity index (χ1v) is 9.26. The summed E-state index contributed by atoms with van der Waals surface area (Å²) in [5.74, 6) is 0. The molecule has 1 heterocycles. The molecule has 1 saturated heterocycles. The molecule has 2 rings (SSSR count). The molecule has 1 aliphatic heterocycles. The topological polar surface area (TPSA) is 63.4 Å². The standard InChI is InChI=1S/C16H26N2O2S/c1-3-15-7-5-4-6-10-18(15)21(19,20)16-9-8-13(2)14(11-16)12-17/h8-9,11,15H,3-7,10,12,17H2,1-2H3. The van der Waals surface area contributed by atoms with E-state index in [2.05, 4.69) is 6.92 Å². The van der Waals surface area contributed by atoms with E-state index in [1.807, 2.05) is 13.0 Å². The van der Waals surface area contributed by atoms with Crippen LogP contribution in [0.3, 0.4) is 0 Å². The van der Waals surface area contributed by atoms with E-state index in [0.717, 1.165) is 43.2 Å². The number of rotatable bonds is 4. The highest BCUT2D eigenvalue weighted by Gasteiger charge is 2.31. The maximum atomic E-state index is 13.0. The van der Waals surface area contributed by atoms with Crippen LogP contribution in [0.5, 0.6) is 0 Å². The molecule has 1 unspecified atom stereocenters. The van der Waals surface area contributed by atoms with Crippen molar-refractivity contribution in [2.24, 2.45) is 5.73 Å². The smallest absolute Gasteiger partial charge is 0.243 e. The summed E-state index contributed by atoms with van der Waals surface area (Å²) in [7, 11) is -3.42. The van der Waals surface area contributed by atoms with Crippen molar-refractivity contribution in [1.82, 2.24) is 4.31 Å². The fourth-order valence-electron chi connectivity index (χ4n) is 3.04. The minimum atomic E-state index is -3.42. The highest BCUT2D eigenvalue weighted by Crippen LogP contribution is 2.27. The monoisotopic (exact) mass is 310 g/mol. The van der Waals surface area contributed by atoms with Crippen molar-refractivity contribution in [3.05, 3.63) is 29.3 Å². The molecule has 2 N–H and O–H groups in total. The lowest BCUT2D eigenvalue weighted by molar-refractivity contribution is 0.315. The van der Waals surface area contributed by atoms with Crippen LogP contribution in [-0.2, 0) is 16.6 Å². The minimum Gasteiger partial charge on any atom is -0.326 e. The summed E-state index contributed by atoms with van der Waals surface area (Å²) in [4.78, 5) is 0.383. The van der Waals surface area contributed by atoms with Crippen molar-refractivity contribution in [2.75, 3.05) is 6.54 Å². The molecule has 0 aromatic heterocycles. The number of nitrogens with two attached hydrogens (primary N) is 1. The second-order valence-corrected chi connectivity index (χ2v) is 7.71. The van der Waals surface area contributed by atoms with Gasteiger partial charge in [-0.2, -0.15) is 4.31 Å². The maximum absolute atomic E-state index is 13.0. The van der Waals surface area contributed by atoms with Crippen LogP contribution >= 0.6 is 0 Å². The van der Waals surface area contributed by atoms with Crippen molar-refractivity contribution in [3.8, 4) is 0 Å². The predicted octanol–water partition coefficient (Wildman–Crippen LogP) is 2.80. The van der Waals surface area contributed by atoms with Crippen molar-refractivity contribution in [1.29, 1.82) is 0 Å². The van der Waals surface area contributed by atoms with Gasteiger partial charge in [-0.25, -0.2) is 8.42 Å². The van der Waals surface area contributed by atoms with Gasteiger partial charge in [-0.3, -0.25) is 0 Å². The number of nitrogens with zero attached hydrogens (tertiary/aromatic N) is 1. The molecule has 0 amide bonds. The number of hydrogen-bond donors (Lipinski definition) is 1. The van der Waals surface area contributed by atoms with E-state index in [4.69, 9.17) is 5.73 Å². The number of hydrogen-bond acceptors (Lipinski definition) is 3. The Balaban J connectivity index is 2.39. The van der Waals surface area contributed by atoms with Gasteiger partial charge in [0.05, 0.1) is 4.90 Å². The van der Waals surface area contributed by atoms with E-state index in [1.165, 1.54) is 0 Å². The van der Waals surface area contributed by atoms with Gasteiger partial charge in [0, 0.05) is 19.1 Å². The van der Waals surface area contributed by atoms with Crippen LogP contribution in [0.25, 0.3) is 0 Å². The fraction of sp³-hybridized carbons (Fsp3) is 0.625. The van der Waals surface area contributed by atoms with Gasteiger partial charge in [0.15, 0.2) is 0 Å². The molecule has 0 bridgehead atoms. The van der Waals surface area contributed by atoms with Crippen LogP contribution in [0.15, 0.2) is 23.1 Å². The summed E-state index contributed by atoms with van der Waals surface area (Å²) in [5, 5.41) is 0. The molecule has 1 aliphatic rings. The van der Waals surface area contributed by atoms with Gasteiger partial charge < -0.3 is 5.73 Å². The average Bonchev–Trinajstić information content (AvgIpc) is 2.73. The summed E-state index contributed by atoms with van der Waals surface area (Å²) >= 11 is 0. The van der Waals surface area contributed by atoms with E-state index in [9.17, 15) is 8.42 Å². The molecule has 5 heteroatoms. The zero-order valence-corrected chi connectivity index (χ0v) is 13.8. The lowest BCUT2D eigenvalue weighted by Crippen LogP contribution is -2.39. The van der Waals surface area contributed by atoms with Gasteiger partial charge in [0.2, 0.25) is 10.0 Å². The third kappa shape index (κ3) is 3.47. The molecule has 0 radical (unpaired) electrons. The molecule has 118 valence electrons. The third-order valence-electron chi connectivity index (χ3n) is 4.44. The van der Waals surface area contributed by atoms with Gasteiger partial charge in [-0.1, -0.05) is 25.8 Å². The van der Waals surface area contributed by atoms with E-state index in [0.29, 0.717) is 18.0 Å². The second-order valence-electron chi connectivity index (χ2n) is 5.82. The second kappa shape index (κ2) is 6.90. The summed E-state index contributed by atoms with van der Waals surface area (Å²) in [6, 6.07) is 5.43. The largest absolute Gasteiger partial charge is 0.326 e. The lowest BCUT2D eigenvalue weighted by Gasteiger charge is -2.28. The van der Waals surface area contributed by atoms with Crippen LogP contribution in [0.1, 0.15) is 50.2 Å². The average molecular weight is 310 g/mol. The Morgan fingerprint density at radius 2 is 2.05 bits per heavy atom. The molecular formula is C16H26N2O2S. The fourth-order valence-corrected chi connectivity index (χ4v) is 4.86. The molecule has 4 nitrogen and oxygen atoms in total. The van der Waals surface area contributed by atoms with Crippen LogP contribution in [0, 0.1) is 6.92 Å².